The van der Waals surface area contributed by atoms with Crippen LogP contribution in [-0.2, 0) is 10.0 Å². The van der Waals surface area contributed by atoms with E-state index in [-0.39, 0.29) is 0 Å². The predicted molar refractivity (Wildman–Crippen MR) is 69.4 cm³/mol. The Morgan fingerprint density at radius 2 is 1.71 bits per heavy atom. The van der Waals surface area contributed by atoms with E-state index >= 15 is 0 Å². The van der Waals surface area contributed by atoms with Crippen molar-refractivity contribution in [2.24, 2.45) is 5.92 Å². The number of nitrogens with zero attached hydrogens (tertiary/aromatic N) is 1. The Kier molecular flexibility index (Phi) is 4.44. The number of nitrogens with one attached hydrogen (secondary N) is 1. The molecule has 1 saturated heterocycles. The van der Waals surface area contributed by atoms with Gasteiger partial charge in [0, 0.05) is 19.1 Å². The summed E-state index contributed by atoms with van der Waals surface area (Å²) in [4.78, 5) is 0. The summed E-state index contributed by atoms with van der Waals surface area (Å²) in [5, 5.41) is 3.23. The van der Waals surface area contributed by atoms with Crippen LogP contribution in [0.4, 0.5) is 0 Å². The first kappa shape index (κ1) is 13.3. The predicted octanol–water partition coefficient (Wildman–Crippen LogP) is 1.19. The normalized spacial score (nSPS) is 25.5. The summed E-state index contributed by atoms with van der Waals surface area (Å²) in [6, 6.07) is 0.493. The minimum atomic E-state index is -2.99. The first-order valence-corrected chi connectivity index (χ1v) is 8.38. The molecule has 0 aromatic heterocycles. The van der Waals surface area contributed by atoms with Gasteiger partial charge >= 0.3 is 0 Å². The molecule has 0 aromatic carbocycles. The molecule has 2 rings (SSSR count). The lowest BCUT2D eigenvalue weighted by Crippen LogP contribution is -2.45. The van der Waals surface area contributed by atoms with Crippen LogP contribution < -0.4 is 5.32 Å². The van der Waals surface area contributed by atoms with Crippen LogP contribution in [-0.4, -0.2) is 44.7 Å². The van der Waals surface area contributed by atoms with Gasteiger partial charge in [-0.25, -0.2) is 12.7 Å². The van der Waals surface area contributed by atoms with Crippen LogP contribution in [0.5, 0.6) is 0 Å². The second-order valence-corrected chi connectivity index (χ2v) is 7.40. The molecule has 4 nitrogen and oxygen atoms in total. The van der Waals surface area contributed by atoms with E-state index in [1.165, 1.54) is 12.8 Å². The topological polar surface area (TPSA) is 49.4 Å². The van der Waals surface area contributed by atoms with Gasteiger partial charge in [0.1, 0.15) is 0 Å². The van der Waals surface area contributed by atoms with E-state index in [1.54, 1.807) is 4.31 Å². The van der Waals surface area contributed by atoms with Crippen LogP contribution in [0.3, 0.4) is 0 Å². The van der Waals surface area contributed by atoms with E-state index in [0.717, 1.165) is 25.7 Å². The van der Waals surface area contributed by atoms with Crippen molar-refractivity contribution >= 4 is 10.0 Å². The van der Waals surface area contributed by atoms with E-state index < -0.39 is 10.0 Å². The molecule has 1 saturated carbocycles. The molecular formula is C12H24N2O2S. The Labute approximate surface area is 105 Å². The zero-order valence-corrected chi connectivity index (χ0v) is 11.5. The molecular weight excluding hydrogens is 236 g/mol. The van der Waals surface area contributed by atoms with Crippen molar-refractivity contribution < 1.29 is 8.42 Å². The summed E-state index contributed by atoms with van der Waals surface area (Å²) < 4.78 is 26.2. The standard InChI is InChI=1S/C12H24N2O2S/c1-13-12-6-8-14(9-7-12)17(15,16)10-11-4-2-3-5-11/h11-13H,2-10H2,1H3. The van der Waals surface area contributed by atoms with Crippen LogP contribution in [0.1, 0.15) is 38.5 Å². The smallest absolute Gasteiger partial charge is 0.214 e. The number of hydrogen-bond donors (Lipinski definition) is 1. The number of piperidine rings is 1. The van der Waals surface area contributed by atoms with Crippen LogP contribution in [0.25, 0.3) is 0 Å². The largest absolute Gasteiger partial charge is 0.317 e. The highest BCUT2D eigenvalue weighted by Crippen LogP contribution is 2.27. The van der Waals surface area contributed by atoms with Gasteiger partial charge in [-0.3, -0.25) is 0 Å². The van der Waals surface area contributed by atoms with Crippen molar-refractivity contribution in [1.29, 1.82) is 0 Å². The number of hydrogen-bond acceptors (Lipinski definition) is 3. The molecule has 1 N–H and O–H groups in total. The number of sulfonamides is 1. The third kappa shape index (κ3) is 3.42. The van der Waals surface area contributed by atoms with Crippen LogP contribution in [0.15, 0.2) is 0 Å². The Morgan fingerprint density at radius 1 is 1.12 bits per heavy atom. The highest BCUT2D eigenvalue weighted by molar-refractivity contribution is 7.89. The Bertz CT molecular complexity index is 328. The molecule has 0 radical (unpaired) electrons. The van der Waals surface area contributed by atoms with Crippen molar-refractivity contribution in [3.05, 3.63) is 0 Å². The molecule has 1 aliphatic heterocycles. The van der Waals surface area contributed by atoms with Gasteiger partial charge in [-0.15, -0.1) is 0 Å². The highest BCUT2D eigenvalue weighted by Gasteiger charge is 2.30. The zero-order chi connectivity index (χ0) is 12.3. The van der Waals surface area contributed by atoms with Crippen molar-refractivity contribution in [1.82, 2.24) is 9.62 Å². The average molecular weight is 260 g/mol. The Hall–Kier alpha value is -0.130. The summed E-state index contributed by atoms with van der Waals surface area (Å²) in [6.07, 6.45) is 6.52. The maximum absolute atomic E-state index is 12.2. The lowest BCUT2D eigenvalue weighted by Gasteiger charge is -2.31. The molecule has 0 atom stereocenters. The molecule has 0 bridgehead atoms. The van der Waals surface area contributed by atoms with Crippen molar-refractivity contribution in [3.8, 4) is 0 Å². The fourth-order valence-electron chi connectivity index (χ4n) is 3.00. The van der Waals surface area contributed by atoms with Gasteiger partial charge in [0.2, 0.25) is 10.0 Å². The summed E-state index contributed by atoms with van der Waals surface area (Å²) >= 11 is 0. The van der Waals surface area contributed by atoms with Crippen molar-refractivity contribution in [2.45, 2.75) is 44.6 Å². The van der Waals surface area contributed by atoms with Crippen LogP contribution in [0.2, 0.25) is 0 Å². The second kappa shape index (κ2) is 5.67. The average Bonchev–Trinajstić information content (AvgIpc) is 2.81. The molecule has 17 heavy (non-hydrogen) atoms. The van der Waals surface area contributed by atoms with Gasteiger partial charge in [-0.2, -0.15) is 0 Å². The second-order valence-electron chi connectivity index (χ2n) is 5.39. The Balaban J connectivity index is 1.87. The van der Waals surface area contributed by atoms with E-state index in [2.05, 4.69) is 5.32 Å². The maximum atomic E-state index is 12.2. The van der Waals surface area contributed by atoms with Crippen LogP contribution >= 0.6 is 0 Å². The van der Waals surface area contributed by atoms with E-state index in [1.807, 2.05) is 7.05 Å². The molecule has 1 aliphatic carbocycles. The molecule has 0 spiro atoms. The summed E-state index contributed by atoms with van der Waals surface area (Å²) in [5.41, 5.74) is 0. The molecule has 1 heterocycles. The summed E-state index contributed by atoms with van der Waals surface area (Å²) in [7, 11) is -1.04. The Morgan fingerprint density at radius 3 is 2.24 bits per heavy atom. The molecule has 0 unspecified atom stereocenters. The molecule has 0 aromatic rings. The summed E-state index contributed by atoms with van der Waals surface area (Å²) in [5.74, 6) is 0.805. The van der Waals surface area contributed by atoms with Gasteiger partial charge in [0.25, 0.3) is 0 Å². The van der Waals surface area contributed by atoms with E-state index in [9.17, 15) is 8.42 Å². The fourth-order valence-corrected chi connectivity index (χ4v) is 4.91. The van der Waals surface area contributed by atoms with Gasteiger partial charge in [0.05, 0.1) is 5.75 Å². The molecule has 100 valence electrons. The van der Waals surface area contributed by atoms with Crippen molar-refractivity contribution in [3.63, 3.8) is 0 Å². The first-order chi connectivity index (χ1) is 8.12. The minimum Gasteiger partial charge on any atom is -0.317 e. The number of rotatable bonds is 4. The van der Waals surface area contributed by atoms with E-state index in [4.69, 9.17) is 0 Å². The lowest BCUT2D eigenvalue weighted by molar-refractivity contribution is 0.297. The van der Waals surface area contributed by atoms with Gasteiger partial charge < -0.3 is 5.32 Å². The van der Waals surface area contributed by atoms with Gasteiger partial charge in [-0.1, -0.05) is 12.8 Å². The third-order valence-electron chi connectivity index (χ3n) is 4.18. The molecule has 2 aliphatic rings. The monoisotopic (exact) mass is 260 g/mol. The zero-order valence-electron chi connectivity index (χ0n) is 10.7. The lowest BCUT2D eigenvalue weighted by atomic mass is 10.1. The van der Waals surface area contributed by atoms with Crippen molar-refractivity contribution in [2.75, 3.05) is 25.9 Å². The van der Waals surface area contributed by atoms with Gasteiger partial charge in [0.15, 0.2) is 0 Å². The first-order valence-electron chi connectivity index (χ1n) is 6.77. The highest BCUT2D eigenvalue weighted by atomic mass is 32.2. The minimum absolute atomic E-state index is 0.386. The van der Waals surface area contributed by atoms with Crippen LogP contribution in [0, 0.1) is 5.92 Å². The SMILES string of the molecule is CNC1CCN(S(=O)(=O)CC2CCCC2)CC1. The van der Waals surface area contributed by atoms with Gasteiger partial charge in [-0.05, 0) is 38.6 Å². The van der Waals surface area contributed by atoms with E-state index in [0.29, 0.717) is 30.8 Å². The molecule has 0 amide bonds. The molecule has 5 heteroatoms. The quantitative estimate of drug-likeness (QED) is 0.826. The molecule has 2 fully saturated rings. The maximum Gasteiger partial charge on any atom is 0.214 e. The summed E-state index contributed by atoms with van der Waals surface area (Å²) in [6.45, 7) is 1.39. The third-order valence-corrected chi connectivity index (χ3v) is 6.22. The fraction of sp³-hybridized carbons (Fsp3) is 1.00.